The van der Waals surface area contributed by atoms with Gasteiger partial charge in [0.25, 0.3) is 11.6 Å². The predicted octanol–water partition coefficient (Wildman–Crippen LogP) is 2.24. The molecule has 2 aromatic rings. The summed E-state index contributed by atoms with van der Waals surface area (Å²) in [6, 6.07) is 7.60. The summed E-state index contributed by atoms with van der Waals surface area (Å²) in [5.74, 6) is 0.201. The fourth-order valence-corrected chi connectivity index (χ4v) is 2.52. The molecule has 23 heavy (non-hydrogen) atoms. The van der Waals surface area contributed by atoms with E-state index >= 15 is 0 Å². The van der Waals surface area contributed by atoms with E-state index in [1.165, 1.54) is 18.5 Å². The van der Waals surface area contributed by atoms with Crippen molar-refractivity contribution < 1.29 is 9.72 Å². The number of nitrogens with zero attached hydrogens (tertiary/aromatic N) is 4. The Hall–Kier alpha value is -3.03. The third-order valence-electron chi connectivity index (χ3n) is 3.66. The highest BCUT2D eigenvalue weighted by Crippen LogP contribution is 2.24. The van der Waals surface area contributed by atoms with E-state index in [0.717, 1.165) is 25.9 Å². The molecule has 0 radical (unpaired) electrons. The Morgan fingerprint density at radius 2 is 1.96 bits per heavy atom. The first kappa shape index (κ1) is 14.9. The van der Waals surface area contributed by atoms with Gasteiger partial charge >= 0.3 is 0 Å². The van der Waals surface area contributed by atoms with Gasteiger partial charge in [-0.3, -0.25) is 14.9 Å². The van der Waals surface area contributed by atoms with Gasteiger partial charge in [-0.2, -0.15) is 0 Å². The maximum Gasteiger partial charge on any atom is 0.292 e. The van der Waals surface area contributed by atoms with Gasteiger partial charge in [-0.05, 0) is 18.9 Å². The molecule has 118 valence electrons. The minimum atomic E-state index is -0.536. The van der Waals surface area contributed by atoms with E-state index in [1.807, 2.05) is 0 Å². The second-order valence-corrected chi connectivity index (χ2v) is 5.18. The summed E-state index contributed by atoms with van der Waals surface area (Å²) in [6.45, 7) is 1.81. The average Bonchev–Trinajstić information content (AvgIpc) is 3.10. The lowest BCUT2D eigenvalue weighted by Gasteiger charge is -2.16. The third kappa shape index (κ3) is 3.25. The van der Waals surface area contributed by atoms with Crippen molar-refractivity contribution in [2.24, 2.45) is 0 Å². The van der Waals surface area contributed by atoms with Gasteiger partial charge in [0.05, 0.1) is 4.92 Å². The lowest BCUT2D eigenvalue weighted by atomic mass is 10.2. The Balaban J connectivity index is 1.81. The van der Waals surface area contributed by atoms with Crippen LogP contribution in [0.4, 0.5) is 17.2 Å². The van der Waals surface area contributed by atoms with Crippen molar-refractivity contribution >= 4 is 23.1 Å². The summed E-state index contributed by atoms with van der Waals surface area (Å²) in [6.07, 6.45) is 3.53. The molecule has 0 aliphatic carbocycles. The van der Waals surface area contributed by atoms with E-state index in [9.17, 15) is 14.9 Å². The molecule has 1 saturated heterocycles. The Morgan fingerprint density at radius 1 is 1.22 bits per heavy atom. The number of rotatable bonds is 4. The maximum atomic E-state index is 12.3. The highest BCUT2D eigenvalue weighted by Gasteiger charge is 2.19. The number of nitro benzene ring substituents is 1. The van der Waals surface area contributed by atoms with Crippen LogP contribution >= 0.6 is 0 Å². The van der Waals surface area contributed by atoms with Crippen LogP contribution in [0.3, 0.4) is 0 Å². The molecule has 3 rings (SSSR count). The van der Waals surface area contributed by atoms with Gasteiger partial charge in [-0.15, -0.1) is 0 Å². The SMILES string of the molecule is O=C(Nc1ccccc1[N+](=O)[O-])c1cc(N2CCCC2)ncn1. The largest absolute Gasteiger partial charge is 0.357 e. The van der Waals surface area contributed by atoms with Crippen LogP contribution in [0.15, 0.2) is 36.7 Å². The van der Waals surface area contributed by atoms with Crippen molar-refractivity contribution in [3.05, 3.63) is 52.5 Å². The Labute approximate surface area is 132 Å². The first-order valence-corrected chi connectivity index (χ1v) is 7.27. The maximum absolute atomic E-state index is 12.3. The summed E-state index contributed by atoms with van der Waals surface area (Å²) in [5.41, 5.74) is 0.165. The number of nitrogens with one attached hydrogen (secondary N) is 1. The van der Waals surface area contributed by atoms with Gasteiger partial charge in [0.2, 0.25) is 0 Å². The second kappa shape index (κ2) is 6.39. The fourth-order valence-electron chi connectivity index (χ4n) is 2.52. The van der Waals surface area contributed by atoms with Gasteiger partial charge < -0.3 is 10.2 Å². The fraction of sp³-hybridized carbons (Fsp3) is 0.267. The van der Waals surface area contributed by atoms with Crippen molar-refractivity contribution in [2.75, 3.05) is 23.3 Å². The third-order valence-corrected chi connectivity index (χ3v) is 3.66. The number of aromatic nitrogens is 2. The number of amides is 1. The van der Waals surface area contributed by atoms with E-state index in [2.05, 4.69) is 20.2 Å². The van der Waals surface area contributed by atoms with Crippen molar-refractivity contribution in [3.8, 4) is 0 Å². The molecule has 0 saturated carbocycles. The lowest BCUT2D eigenvalue weighted by molar-refractivity contribution is -0.383. The number of carbonyl (C=O) groups excluding carboxylic acids is 1. The van der Waals surface area contributed by atoms with Crippen LogP contribution in [-0.4, -0.2) is 33.9 Å². The zero-order valence-electron chi connectivity index (χ0n) is 12.3. The van der Waals surface area contributed by atoms with Crippen molar-refractivity contribution in [3.63, 3.8) is 0 Å². The van der Waals surface area contributed by atoms with Gasteiger partial charge in [0, 0.05) is 25.2 Å². The average molecular weight is 313 g/mol. The molecule has 0 atom stereocenters. The first-order valence-electron chi connectivity index (χ1n) is 7.27. The standard InChI is InChI=1S/C15H15N5O3/c21-15(18-11-5-1-2-6-13(11)20(22)23)12-9-14(17-10-16-12)19-7-3-4-8-19/h1-2,5-6,9-10H,3-4,7-8H2,(H,18,21). The number of carbonyl (C=O) groups is 1. The van der Waals surface area contributed by atoms with Crippen LogP contribution in [0.2, 0.25) is 0 Å². The van der Waals surface area contributed by atoms with E-state index in [-0.39, 0.29) is 17.1 Å². The molecule has 8 heteroatoms. The zero-order chi connectivity index (χ0) is 16.2. The number of hydrogen-bond acceptors (Lipinski definition) is 6. The van der Waals surface area contributed by atoms with Crippen molar-refractivity contribution in [1.29, 1.82) is 0 Å². The molecule has 8 nitrogen and oxygen atoms in total. The Kier molecular flexibility index (Phi) is 4.13. The molecule has 1 aliphatic heterocycles. The van der Waals surface area contributed by atoms with Crippen LogP contribution in [0.5, 0.6) is 0 Å². The molecule has 1 N–H and O–H groups in total. The Morgan fingerprint density at radius 3 is 2.70 bits per heavy atom. The molecule has 1 fully saturated rings. The number of nitro groups is 1. The van der Waals surface area contributed by atoms with E-state index in [4.69, 9.17) is 0 Å². The van der Waals surface area contributed by atoms with Crippen LogP contribution in [0, 0.1) is 10.1 Å². The molecule has 0 unspecified atom stereocenters. The summed E-state index contributed by atoms with van der Waals surface area (Å²) < 4.78 is 0. The smallest absolute Gasteiger partial charge is 0.292 e. The van der Waals surface area contributed by atoms with Gasteiger partial charge in [-0.1, -0.05) is 12.1 Å². The molecule has 1 aliphatic rings. The zero-order valence-corrected chi connectivity index (χ0v) is 12.3. The van der Waals surface area contributed by atoms with Crippen LogP contribution in [0.1, 0.15) is 23.3 Å². The molecule has 0 bridgehead atoms. The second-order valence-electron chi connectivity index (χ2n) is 5.18. The molecular weight excluding hydrogens is 298 g/mol. The number of hydrogen-bond donors (Lipinski definition) is 1. The normalized spacial score (nSPS) is 13.8. The van der Waals surface area contributed by atoms with Gasteiger partial charge in [-0.25, -0.2) is 9.97 Å². The van der Waals surface area contributed by atoms with E-state index in [0.29, 0.717) is 5.82 Å². The predicted molar refractivity (Wildman–Crippen MR) is 84.5 cm³/mol. The van der Waals surface area contributed by atoms with Crippen molar-refractivity contribution in [1.82, 2.24) is 9.97 Å². The molecule has 1 amide bonds. The first-order chi connectivity index (χ1) is 11.1. The van der Waals surface area contributed by atoms with E-state index in [1.54, 1.807) is 18.2 Å². The van der Waals surface area contributed by atoms with Crippen LogP contribution in [0.25, 0.3) is 0 Å². The number of anilines is 2. The quantitative estimate of drug-likeness (QED) is 0.686. The number of benzene rings is 1. The van der Waals surface area contributed by atoms with Gasteiger partial charge in [0.1, 0.15) is 23.5 Å². The summed E-state index contributed by atoms with van der Waals surface area (Å²) in [7, 11) is 0. The lowest BCUT2D eigenvalue weighted by Crippen LogP contribution is -2.21. The molecular formula is C15H15N5O3. The van der Waals surface area contributed by atoms with Crippen LogP contribution < -0.4 is 10.2 Å². The molecule has 2 heterocycles. The topological polar surface area (TPSA) is 101 Å². The monoisotopic (exact) mass is 313 g/mol. The molecule has 1 aromatic carbocycles. The minimum Gasteiger partial charge on any atom is -0.357 e. The Bertz CT molecular complexity index is 743. The summed E-state index contributed by atoms with van der Waals surface area (Å²) in [5, 5.41) is 13.5. The summed E-state index contributed by atoms with van der Waals surface area (Å²) in [4.78, 5) is 33.0. The summed E-state index contributed by atoms with van der Waals surface area (Å²) >= 11 is 0. The van der Waals surface area contributed by atoms with Crippen LogP contribution in [-0.2, 0) is 0 Å². The highest BCUT2D eigenvalue weighted by molar-refractivity contribution is 6.04. The highest BCUT2D eigenvalue weighted by atomic mass is 16.6. The number of para-hydroxylation sites is 2. The molecule has 0 spiro atoms. The van der Waals surface area contributed by atoms with Crippen molar-refractivity contribution in [2.45, 2.75) is 12.8 Å². The molecule has 1 aromatic heterocycles. The minimum absolute atomic E-state index is 0.142. The van der Waals surface area contributed by atoms with Gasteiger partial charge in [0.15, 0.2) is 0 Å². The van der Waals surface area contributed by atoms with E-state index < -0.39 is 10.8 Å².